The third-order valence-electron chi connectivity index (χ3n) is 3.15. The first-order chi connectivity index (χ1) is 10.2. The van der Waals surface area contributed by atoms with Crippen LogP contribution < -0.4 is 5.32 Å². The molecule has 0 aliphatic carbocycles. The summed E-state index contributed by atoms with van der Waals surface area (Å²) in [6.07, 6.45) is 1.51. The van der Waals surface area contributed by atoms with Crippen LogP contribution in [0.1, 0.15) is 21.0 Å². The van der Waals surface area contributed by atoms with Crippen molar-refractivity contribution in [3.63, 3.8) is 0 Å². The molecule has 0 radical (unpaired) electrons. The normalized spacial score (nSPS) is 13.8. The third-order valence-corrected chi connectivity index (χ3v) is 4.85. The minimum absolute atomic E-state index is 0.0513. The fourth-order valence-corrected chi connectivity index (χ4v) is 3.49. The number of thiophene rings is 2. The third kappa shape index (κ3) is 2.78. The van der Waals surface area contributed by atoms with Crippen LogP contribution in [0.4, 0.5) is 0 Å². The number of carbonyl (C=O) groups excluding carboxylic acids is 1. The molecule has 3 heterocycles. The molecule has 0 saturated carbocycles. The second-order valence-corrected chi connectivity index (χ2v) is 6.24. The Bertz CT molecular complexity index is 653. The predicted octanol–water partition coefficient (Wildman–Crippen LogP) is 3.07. The van der Waals surface area contributed by atoms with Gasteiger partial charge in [-0.2, -0.15) is 11.3 Å². The fourth-order valence-electron chi connectivity index (χ4n) is 2.03. The molecule has 0 unspecified atom stereocenters. The standard InChI is InChI=1S/C15H13NO3S2/c17-14(11-5-8-20-9-11)16-10-15(18,12-3-1-6-19-12)13-4-2-7-21-13/h1-9,18H,10H2,(H,16,17)/t15-/m1/s1. The van der Waals surface area contributed by atoms with Gasteiger partial charge in [-0.1, -0.05) is 6.07 Å². The van der Waals surface area contributed by atoms with E-state index < -0.39 is 5.60 Å². The zero-order chi connectivity index (χ0) is 14.7. The molecule has 1 amide bonds. The SMILES string of the molecule is O=C(NC[C@@](O)(c1ccco1)c1cccs1)c1ccsc1. The van der Waals surface area contributed by atoms with Gasteiger partial charge in [-0.25, -0.2) is 0 Å². The van der Waals surface area contributed by atoms with Gasteiger partial charge < -0.3 is 14.8 Å². The molecular formula is C15H13NO3S2. The number of nitrogens with one attached hydrogen (secondary N) is 1. The summed E-state index contributed by atoms with van der Waals surface area (Å²) in [5, 5.41) is 19.2. The van der Waals surface area contributed by atoms with Crippen molar-refractivity contribution in [2.75, 3.05) is 6.54 Å². The molecule has 0 aliphatic heterocycles. The molecule has 3 aromatic heterocycles. The summed E-state index contributed by atoms with van der Waals surface area (Å²) in [5.41, 5.74) is -0.767. The van der Waals surface area contributed by atoms with Crippen molar-refractivity contribution in [2.45, 2.75) is 5.60 Å². The second kappa shape index (κ2) is 5.85. The summed E-state index contributed by atoms with van der Waals surface area (Å²) in [4.78, 5) is 12.8. The highest BCUT2D eigenvalue weighted by molar-refractivity contribution is 7.10. The molecule has 0 fully saturated rings. The number of aliphatic hydroxyl groups is 1. The van der Waals surface area contributed by atoms with Crippen LogP contribution in [-0.4, -0.2) is 17.6 Å². The molecule has 0 aromatic carbocycles. The second-order valence-electron chi connectivity index (χ2n) is 4.51. The number of hydrogen-bond donors (Lipinski definition) is 2. The number of amides is 1. The van der Waals surface area contributed by atoms with Gasteiger partial charge in [0.1, 0.15) is 5.76 Å². The molecule has 3 rings (SSSR count). The van der Waals surface area contributed by atoms with Crippen molar-refractivity contribution >= 4 is 28.6 Å². The van der Waals surface area contributed by atoms with Gasteiger partial charge in [0.2, 0.25) is 0 Å². The summed E-state index contributed by atoms with van der Waals surface area (Å²) >= 11 is 2.88. The Morgan fingerprint density at radius 3 is 2.81 bits per heavy atom. The maximum Gasteiger partial charge on any atom is 0.252 e. The zero-order valence-corrected chi connectivity index (χ0v) is 12.6. The van der Waals surface area contributed by atoms with E-state index in [2.05, 4.69) is 5.32 Å². The zero-order valence-electron chi connectivity index (χ0n) is 11.0. The lowest BCUT2D eigenvalue weighted by atomic mass is 9.98. The van der Waals surface area contributed by atoms with Crippen molar-refractivity contribution in [3.8, 4) is 0 Å². The monoisotopic (exact) mass is 319 g/mol. The number of hydrogen-bond acceptors (Lipinski definition) is 5. The first kappa shape index (κ1) is 14.1. The summed E-state index contributed by atoms with van der Waals surface area (Å²) < 4.78 is 5.35. The highest BCUT2D eigenvalue weighted by atomic mass is 32.1. The van der Waals surface area contributed by atoms with Gasteiger partial charge in [0.15, 0.2) is 5.60 Å². The first-order valence-electron chi connectivity index (χ1n) is 6.31. The topological polar surface area (TPSA) is 62.5 Å². The number of rotatable bonds is 5. The minimum Gasteiger partial charge on any atom is -0.466 e. The Morgan fingerprint density at radius 1 is 1.29 bits per heavy atom. The van der Waals surface area contributed by atoms with E-state index in [4.69, 9.17) is 4.42 Å². The highest BCUT2D eigenvalue weighted by Crippen LogP contribution is 2.32. The van der Waals surface area contributed by atoms with Gasteiger partial charge in [-0.15, -0.1) is 11.3 Å². The molecule has 6 heteroatoms. The van der Waals surface area contributed by atoms with Crippen LogP contribution in [0, 0.1) is 0 Å². The van der Waals surface area contributed by atoms with Crippen LogP contribution in [0.5, 0.6) is 0 Å². The van der Waals surface area contributed by atoms with E-state index in [1.165, 1.54) is 28.9 Å². The average Bonchev–Trinajstić information content (AvgIpc) is 3.27. The lowest BCUT2D eigenvalue weighted by Crippen LogP contribution is -2.40. The van der Waals surface area contributed by atoms with Gasteiger partial charge in [0, 0.05) is 15.8 Å². The maximum absolute atomic E-state index is 12.0. The molecule has 0 spiro atoms. The fraction of sp³-hybridized carbons (Fsp3) is 0.133. The molecule has 2 N–H and O–H groups in total. The first-order valence-corrected chi connectivity index (χ1v) is 8.13. The Morgan fingerprint density at radius 2 is 2.19 bits per heavy atom. The summed E-state index contributed by atoms with van der Waals surface area (Å²) in [6.45, 7) is 0.0513. The van der Waals surface area contributed by atoms with Crippen molar-refractivity contribution in [3.05, 3.63) is 68.9 Å². The molecular weight excluding hydrogens is 306 g/mol. The Hall–Kier alpha value is -1.89. The van der Waals surface area contributed by atoms with Gasteiger partial charge in [0.05, 0.1) is 12.8 Å². The van der Waals surface area contributed by atoms with Crippen LogP contribution in [0.15, 0.2) is 57.2 Å². The van der Waals surface area contributed by atoms with E-state index in [1.54, 1.807) is 23.6 Å². The van der Waals surface area contributed by atoms with Gasteiger partial charge in [0.25, 0.3) is 5.91 Å². The smallest absolute Gasteiger partial charge is 0.252 e. The van der Waals surface area contributed by atoms with Crippen molar-refractivity contribution < 1.29 is 14.3 Å². The number of carbonyl (C=O) groups is 1. The van der Waals surface area contributed by atoms with E-state index in [0.29, 0.717) is 11.3 Å². The number of furan rings is 1. The predicted molar refractivity (Wildman–Crippen MR) is 82.7 cm³/mol. The molecule has 1 atom stereocenters. The van der Waals surface area contributed by atoms with E-state index >= 15 is 0 Å². The van der Waals surface area contributed by atoms with Gasteiger partial charge in [-0.3, -0.25) is 4.79 Å². The maximum atomic E-state index is 12.0. The lowest BCUT2D eigenvalue weighted by molar-refractivity contribution is 0.0554. The molecule has 4 nitrogen and oxygen atoms in total. The van der Waals surface area contributed by atoms with Crippen LogP contribution in [0.3, 0.4) is 0 Å². The Kier molecular flexibility index (Phi) is 3.92. The summed E-state index contributed by atoms with van der Waals surface area (Å²) in [6, 6.07) is 8.85. The van der Waals surface area contributed by atoms with Crippen LogP contribution in [0.25, 0.3) is 0 Å². The van der Waals surface area contributed by atoms with Gasteiger partial charge in [-0.05, 0) is 35.0 Å². The quantitative estimate of drug-likeness (QED) is 0.760. The van der Waals surface area contributed by atoms with Crippen LogP contribution >= 0.6 is 22.7 Å². The average molecular weight is 319 g/mol. The Labute approximate surface area is 129 Å². The van der Waals surface area contributed by atoms with E-state index in [9.17, 15) is 9.90 Å². The highest BCUT2D eigenvalue weighted by Gasteiger charge is 2.36. The summed E-state index contributed by atoms with van der Waals surface area (Å²) in [7, 11) is 0. The van der Waals surface area contributed by atoms with Crippen molar-refractivity contribution in [1.82, 2.24) is 5.32 Å². The van der Waals surface area contributed by atoms with E-state index in [-0.39, 0.29) is 12.5 Å². The molecule has 21 heavy (non-hydrogen) atoms. The van der Waals surface area contributed by atoms with Crippen LogP contribution in [-0.2, 0) is 5.60 Å². The van der Waals surface area contributed by atoms with Crippen molar-refractivity contribution in [2.24, 2.45) is 0 Å². The Balaban J connectivity index is 1.83. The lowest BCUT2D eigenvalue weighted by Gasteiger charge is -2.25. The molecule has 0 saturated heterocycles. The van der Waals surface area contributed by atoms with Crippen molar-refractivity contribution in [1.29, 1.82) is 0 Å². The molecule has 108 valence electrons. The van der Waals surface area contributed by atoms with Crippen LogP contribution in [0.2, 0.25) is 0 Å². The minimum atomic E-state index is -1.36. The van der Waals surface area contributed by atoms with E-state index in [0.717, 1.165) is 4.88 Å². The summed E-state index contributed by atoms with van der Waals surface area (Å²) in [5.74, 6) is 0.202. The van der Waals surface area contributed by atoms with Gasteiger partial charge >= 0.3 is 0 Å². The molecule has 0 bridgehead atoms. The van der Waals surface area contributed by atoms with E-state index in [1.807, 2.05) is 22.9 Å². The largest absolute Gasteiger partial charge is 0.466 e. The molecule has 3 aromatic rings. The molecule has 0 aliphatic rings.